The number of amides is 1. The Bertz CT molecular complexity index is 1530. The summed E-state index contributed by atoms with van der Waals surface area (Å²) in [6.07, 6.45) is -1.12. The van der Waals surface area contributed by atoms with E-state index >= 15 is 0 Å². The molecule has 1 aromatic heterocycles. The van der Waals surface area contributed by atoms with E-state index in [0.29, 0.717) is 39.0 Å². The van der Waals surface area contributed by atoms with Gasteiger partial charge in [0.2, 0.25) is 6.10 Å². The van der Waals surface area contributed by atoms with Gasteiger partial charge in [-0.05, 0) is 36.4 Å². The normalized spacial score (nSPS) is 11.9. The van der Waals surface area contributed by atoms with Crippen LogP contribution in [0.1, 0.15) is 24.2 Å². The highest BCUT2D eigenvalue weighted by Crippen LogP contribution is 2.36. The lowest BCUT2D eigenvalue weighted by atomic mass is 10.1. The maximum atomic E-state index is 13.4. The van der Waals surface area contributed by atoms with E-state index in [9.17, 15) is 13.2 Å². The van der Waals surface area contributed by atoms with Gasteiger partial charge in [-0.25, -0.2) is 13.4 Å². The molecule has 190 valence electrons. The van der Waals surface area contributed by atoms with Gasteiger partial charge >= 0.3 is 0 Å². The lowest BCUT2D eigenvalue weighted by molar-refractivity contribution is -0.123. The van der Waals surface area contributed by atoms with Gasteiger partial charge in [0.15, 0.2) is 26.5 Å². The molecule has 0 bridgehead atoms. The summed E-state index contributed by atoms with van der Waals surface area (Å²) in [5.41, 5.74) is 1.51. The Morgan fingerprint density at radius 2 is 1.70 bits per heavy atom. The molecular formula is C26H23N3O6S2. The number of thiazole rings is 1. The summed E-state index contributed by atoms with van der Waals surface area (Å²) < 4.78 is 41.9. The molecule has 0 fully saturated rings. The van der Waals surface area contributed by atoms with E-state index in [1.807, 2.05) is 6.07 Å². The number of nitrogens with one attached hydrogen (secondary N) is 1. The fourth-order valence-corrected chi connectivity index (χ4v) is 5.28. The van der Waals surface area contributed by atoms with Gasteiger partial charge in [0.25, 0.3) is 5.91 Å². The molecule has 4 aromatic rings. The minimum absolute atomic E-state index is 0.0365. The highest BCUT2D eigenvalue weighted by molar-refractivity contribution is 7.91. The standard InChI is InChI=1S/C26H23N3O6S2/c1-4-37(31,32)19-11-7-17(8-12-19)24(35-18-9-5-16(15-27)6-10-18)25(30)29-26-28-20-13-21(33-2)22(34-3)14-23(20)36-26/h5-14,24H,4H2,1-3H3,(H,28,29,30)/t24-/m1/s1. The Kier molecular flexibility index (Phi) is 7.61. The molecule has 0 spiro atoms. The van der Waals surface area contributed by atoms with Gasteiger partial charge in [-0.15, -0.1) is 0 Å². The predicted octanol–water partition coefficient (Wildman–Crippen LogP) is 4.74. The highest BCUT2D eigenvalue weighted by Gasteiger charge is 2.25. The SMILES string of the molecule is CCS(=O)(=O)c1ccc([C@@H](Oc2ccc(C#N)cc2)C(=O)Nc2nc3cc(OC)c(OC)cc3s2)cc1. The number of nitriles is 1. The molecule has 1 heterocycles. The predicted molar refractivity (Wildman–Crippen MR) is 140 cm³/mol. The molecule has 0 saturated carbocycles. The molecule has 0 aliphatic carbocycles. The minimum atomic E-state index is -3.40. The van der Waals surface area contributed by atoms with Gasteiger partial charge in [-0.1, -0.05) is 30.4 Å². The summed E-state index contributed by atoms with van der Waals surface area (Å²) in [7, 11) is -0.337. The van der Waals surface area contributed by atoms with Gasteiger partial charge in [0, 0.05) is 17.7 Å². The number of sulfone groups is 1. The molecule has 0 aliphatic rings. The summed E-state index contributed by atoms with van der Waals surface area (Å²) in [6.45, 7) is 1.57. The number of hydrogen-bond acceptors (Lipinski definition) is 9. The van der Waals surface area contributed by atoms with Crippen LogP contribution in [0.2, 0.25) is 0 Å². The number of fused-ring (bicyclic) bond motifs is 1. The molecule has 4 rings (SSSR count). The number of rotatable bonds is 9. The van der Waals surface area contributed by atoms with Crippen LogP contribution in [0, 0.1) is 11.3 Å². The van der Waals surface area contributed by atoms with Crippen molar-refractivity contribution in [1.29, 1.82) is 5.26 Å². The molecule has 0 saturated heterocycles. The van der Waals surface area contributed by atoms with E-state index in [0.717, 1.165) is 4.70 Å². The first-order chi connectivity index (χ1) is 17.8. The second-order valence-corrected chi connectivity index (χ2v) is 11.1. The average Bonchev–Trinajstić information content (AvgIpc) is 3.32. The van der Waals surface area contributed by atoms with Crippen LogP contribution in [0.5, 0.6) is 17.2 Å². The van der Waals surface area contributed by atoms with Crippen molar-refractivity contribution in [2.24, 2.45) is 0 Å². The molecule has 1 atom stereocenters. The van der Waals surface area contributed by atoms with Crippen LogP contribution >= 0.6 is 11.3 Å². The van der Waals surface area contributed by atoms with E-state index in [1.54, 1.807) is 55.5 Å². The molecule has 9 nitrogen and oxygen atoms in total. The molecule has 11 heteroatoms. The lowest BCUT2D eigenvalue weighted by Crippen LogP contribution is -2.25. The summed E-state index contributed by atoms with van der Waals surface area (Å²) in [5.74, 6) is 0.880. The van der Waals surface area contributed by atoms with Crippen molar-refractivity contribution in [3.8, 4) is 23.3 Å². The van der Waals surface area contributed by atoms with E-state index in [1.165, 1.54) is 37.7 Å². The topological polar surface area (TPSA) is 128 Å². The number of hydrogen-bond donors (Lipinski definition) is 1. The molecule has 1 amide bonds. The zero-order chi connectivity index (χ0) is 26.6. The number of anilines is 1. The molecule has 0 unspecified atom stereocenters. The van der Waals surface area contributed by atoms with Crippen LogP contribution in [0.25, 0.3) is 10.2 Å². The van der Waals surface area contributed by atoms with Gasteiger partial charge in [-0.3, -0.25) is 10.1 Å². The zero-order valence-corrected chi connectivity index (χ0v) is 21.9. The smallest absolute Gasteiger partial charge is 0.271 e. The summed E-state index contributed by atoms with van der Waals surface area (Å²) in [5, 5.41) is 12.2. The van der Waals surface area contributed by atoms with Crippen molar-refractivity contribution in [3.63, 3.8) is 0 Å². The largest absolute Gasteiger partial charge is 0.493 e. The molecule has 0 radical (unpaired) electrons. The Morgan fingerprint density at radius 1 is 1.05 bits per heavy atom. The molecule has 0 aliphatic heterocycles. The van der Waals surface area contributed by atoms with Crippen LogP contribution in [0.3, 0.4) is 0 Å². The quantitative estimate of drug-likeness (QED) is 0.324. The Hall–Kier alpha value is -4.14. The third-order valence-corrected chi connectivity index (χ3v) is 8.21. The highest BCUT2D eigenvalue weighted by atomic mass is 32.2. The molecule has 1 N–H and O–H groups in total. The third-order valence-electron chi connectivity index (χ3n) is 5.52. The Labute approximate surface area is 218 Å². The average molecular weight is 538 g/mol. The lowest BCUT2D eigenvalue weighted by Gasteiger charge is -2.19. The Morgan fingerprint density at radius 3 is 2.30 bits per heavy atom. The maximum absolute atomic E-state index is 13.4. The van der Waals surface area contributed by atoms with Crippen molar-refractivity contribution in [2.75, 3.05) is 25.3 Å². The fourth-order valence-electron chi connectivity index (χ4n) is 3.51. The number of benzene rings is 3. The number of aromatic nitrogens is 1. The first kappa shape index (κ1) is 25.9. The second kappa shape index (κ2) is 10.9. The third kappa shape index (κ3) is 5.66. The van der Waals surface area contributed by atoms with Gasteiger partial charge in [0.05, 0.1) is 46.7 Å². The van der Waals surface area contributed by atoms with Crippen LogP contribution in [0.4, 0.5) is 5.13 Å². The second-order valence-electron chi connectivity index (χ2n) is 7.79. The molecule has 3 aromatic carbocycles. The fraction of sp³-hybridized carbons (Fsp3) is 0.192. The van der Waals surface area contributed by atoms with Gasteiger partial charge < -0.3 is 14.2 Å². The molecule has 37 heavy (non-hydrogen) atoms. The van der Waals surface area contributed by atoms with Crippen LogP contribution < -0.4 is 19.5 Å². The number of carbonyl (C=O) groups excluding carboxylic acids is 1. The van der Waals surface area contributed by atoms with Crippen molar-refractivity contribution >= 4 is 42.4 Å². The van der Waals surface area contributed by atoms with Crippen molar-refractivity contribution in [2.45, 2.75) is 17.9 Å². The van der Waals surface area contributed by atoms with Gasteiger partial charge in [0.1, 0.15) is 5.75 Å². The van der Waals surface area contributed by atoms with Crippen LogP contribution in [-0.2, 0) is 14.6 Å². The van der Waals surface area contributed by atoms with Crippen molar-refractivity contribution in [1.82, 2.24) is 4.98 Å². The molecular weight excluding hydrogens is 514 g/mol. The maximum Gasteiger partial charge on any atom is 0.271 e. The number of ether oxygens (including phenoxy) is 3. The first-order valence-corrected chi connectivity index (χ1v) is 13.6. The number of methoxy groups -OCH3 is 2. The van der Waals surface area contributed by atoms with Crippen LogP contribution in [-0.4, -0.2) is 39.3 Å². The zero-order valence-electron chi connectivity index (χ0n) is 20.2. The first-order valence-electron chi connectivity index (χ1n) is 11.1. The monoisotopic (exact) mass is 537 g/mol. The van der Waals surface area contributed by atoms with E-state index in [2.05, 4.69) is 10.3 Å². The van der Waals surface area contributed by atoms with E-state index < -0.39 is 21.8 Å². The van der Waals surface area contributed by atoms with E-state index in [-0.39, 0.29) is 10.6 Å². The number of nitrogens with zero attached hydrogens (tertiary/aromatic N) is 2. The van der Waals surface area contributed by atoms with E-state index in [4.69, 9.17) is 19.5 Å². The summed E-state index contributed by atoms with van der Waals surface area (Å²) in [4.78, 5) is 18.0. The van der Waals surface area contributed by atoms with Crippen molar-refractivity contribution < 1.29 is 27.4 Å². The summed E-state index contributed by atoms with van der Waals surface area (Å²) in [6, 6.07) is 17.9. The summed E-state index contributed by atoms with van der Waals surface area (Å²) >= 11 is 1.26. The van der Waals surface area contributed by atoms with Crippen LogP contribution in [0.15, 0.2) is 65.6 Å². The number of carbonyl (C=O) groups is 1. The Balaban J connectivity index is 1.66. The van der Waals surface area contributed by atoms with Gasteiger partial charge in [-0.2, -0.15) is 5.26 Å². The van der Waals surface area contributed by atoms with Crippen molar-refractivity contribution in [3.05, 3.63) is 71.8 Å². The minimum Gasteiger partial charge on any atom is -0.493 e.